The van der Waals surface area contributed by atoms with Crippen LogP contribution in [0, 0.1) is 5.92 Å². The topological polar surface area (TPSA) is 61.9 Å². The number of hydrogen-bond donors (Lipinski definition) is 1. The van der Waals surface area contributed by atoms with Gasteiger partial charge in [-0.2, -0.15) is 0 Å². The van der Waals surface area contributed by atoms with Gasteiger partial charge in [-0.05, 0) is 24.4 Å². The van der Waals surface area contributed by atoms with E-state index in [1.807, 2.05) is 17.5 Å². The first-order valence-corrected chi connectivity index (χ1v) is 9.02. The molecule has 3 rings (SSSR count). The predicted octanol–water partition coefficient (Wildman–Crippen LogP) is 0.659. The highest BCUT2D eigenvalue weighted by Gasteiger charge is 2.36. The number of ether oxygens (including phenoxy) is 1. The zero-order valence-electron chi connectivity index (χ0n) is 13.2. The first kappa shape index (κ1) is 16.4. The number of carbonyl (C=O) groups is 2. The molecule has 0 radical (unpaired) electrons. The van der Waals surface area contributed by atoms with Gasteiger partial charge in [-0.1, -0.05) is 6.07 Å². The van der Waals surface area contributed by atoms with Gasteiger partial charge in [-0.15, -0.1) is 11.3 Å². The fourth-order valence-corrected chi connectivity index (χ4v) is 3.54. The number of nitrogens with one attached hydrogen (secondary N) is 1. The second-order valence-corrected chi connectivity index (χ2v) is 6.93. The maximum atomic E-state index is 12.1. The summed E-state index contributed by atoms with van der Waals surface area (Å²) in [6.45, 7) is 6.35. The van der Waals surface area contributed by atoms with Crippen molar-refractivity contribution >= 4 is 23.2 Å². The Morgan fingerprint density at radius 3 is 2.78 bits per heavy atom. The quantitative estimate of drug-likeness (QED) is 0.775. The van der Waals surface area contributed by atoms with Crippen molar-refractivity contribution in [3.8, 4) is 0 Å². The average Bonchev–Trinajstić information content (AvgIpc) is 3.05. The minimum absolute atomic E-state index is 0.0383. The van der Waals surface area contributed by atoms with Gasteiger partial charge in [0.05, 0.1) is 24.0 Å². The summed E-state index contributed by atoms with van der Waals surface area (Å²) in [6.07, 6.45) is 0.955. The normalized spacial score (nSPS) is 19.4. The van der Waals surface area contributed by atoms with E-state index in [0.29, 0.717) is 19.6 Å². The Balaban J connectivity index is 1.29. The van der Waals surface area contributed by atoms with Crippen molar-refractivity contribution in [1.29, 1.82) is 0 Å². The zero-order chi connectivity index (χ0) is 16.1. The number of amides is 2. The summed E-state index contributed by atoms with van der Waals surface area (Å²) >= 11 is 1.44. The average molecular weight is 337 g/mol. The summed E-state index contributed by atoms with van der Waals surface area (Å²) in [5.74, 6) is 0.0564. The van der Waals surface area contributed by atoms with Gasteiger partial charge in [0.2, 0.25) is 5.91 Å². The number of rotatable bonds is 6. The minimum atomic E-state index is -0.0534. The molecule has 0 atom stereocenters. The molecule has 1 aromatic rings. The largest absolute Gasteiger partial charge is 0.379 e. The molecule has 23 heavy (non-hydrogen) atoms. The van der Waals surface area contributed by atoms with E-state index in [-0.39, 0.29) is 17.7 Å². The van der Waals surface area contributed by atoms with Gasteiger partial charge >= 0.3 is 0 Å². The number of morpholine rings is 1. The number of thiophene rings is 1. The van der Waals surface area contributed by atoms with Crippen molar-refractivity contribution in [3.63, 3.8) is 0 Å². The summed E-state index contributed by atoms with van der Waals surface area (Å²) in [5, 5.41) is 4.88. The highest BCUT2D eigenvalue weighted by molar-refractivity contribution is 7.12. The van der Waals surface area contributed by atoms with Crippen LogP contribution in [0.25, 0.3) is 0 Å². The molecule has 1 aromatic heterocycles. The Morgan fingerprint density at radius 2 is 2.09 bits per heavy atom. The number of nitrogens with zero attached hydrogens (tertiary/aromatic N) is 2. The third kappa shape index (κ3) is 4.31. The second kappa shape index (κ2) is 7.90. The van der Waals surface area contributed by atoms with Gasteiger partial charge in [-0.25, -0.2) is 0 Å². The Morgan fingerprint density at radius 1 is 1.30 bits per heavy atom. The van der Waals surface area contributed by atoms with Gasteiger partial charge in [0, 0.05) is 32.7 Å². The lowest BCUT2D eigenvalue weighted by molar-refractivity contribution is -0.129. The molecule has 0 saturated carbocycles. The van der Waals surface area contributed by atoms with Gasteiger partial charge in [-0.3, -0.25) is 14.5 Å². The Bertz CT molecular complexity index is 523. The molecule has 6 nitrogen and oxygen atoms in total. The number of likely N-dealkylation sites (tertiary alicyclic amines) is 1. The van der Waals surface area contributed by atoms with E-state index in [0.717, 1.165) is 44.1 Å². The van der Waals surface area contributed by atoms with Gasteiger partial charge in [0.25, 0.3) is 5.91 Å². The molecule has 0 aliphatic carbocycles. The van der Waals surface area contributed by atoms with Crippen LogP contribution in [0.2, 0.25) is 0 Å². The first-order valence-electron chi connectivity index (χ1n) is 8.14. The molecular formula is C16H23N3O3S. The van der Waals surface area contributed by atoms with Gasteiger partial charge in [0.1, 0.15) is 0 Å². The lowest BCUT2D eigenvalue weighted by atomic mass is 9.99. The molecule has 2 aliphatic heterocycles. The summed E-state index contributed by atoms with van der Waals surface area (Å²) in [6, 6.07) is 3.70. The lowest BCUT2D eigenvalue weighted by Gasteiger charge is -2.38. The molecule has 3 heterocycles. The van der Waals surface area contributed by atoms with E-state index in [1.165, 1.54) is 11.3 Å². The van der Waals surface area contributed by atoms with Gasteiger partial charge < -0.3 is 15.0 Å². The van der Waals surface area contributed by atoms with Gasteiger partial charge in [0.15, 0.2) is 0 Å². The maximum absolute atomic E-state index is 12.1. The third-order valence-electron chi connectivity index (χ3n) is 4.33. The van der Waals surface area contributed by atoms with E-state index in [2.05, 4.69) is 10.2 Å². The lowest BCUT2D eigenvalue weighted by Crippen LogP contribution is -2.55. The third-order valence-corrected chi connectivity index (χ3v) is 5.18. The van der Waals surface area contributed by atoms with Crippen LogP contribution in [0.15, 0.2) is 17.5 Å². The van der Waals surface area contributed by atoms with Crippen molar-refractivity contribution in [2.24, 2.45) is 5.92 Å². The van der Waals surface area contributed by atoms with Crippen molar-refractivity contribution < 1.29 is 14.3 Å². The van der Waals surface area contributed by atoms with Crippen LogP contribution in [0.3, 0.4) is 0 Å². The fourth-order valence-electron chi connectivity index (χ4n) is 2.85. The molecule has 2 saturated heterocycles. The summed E-state index contributed by atoms with van der Waals surface area (Å²) in [7, 11) is 0. The van der Waals surface area contributed by atoms with E-state index >= 15 is 0 Å². The first-order chi connectivity index (χ1) is 11.2. The molecule has 2 aliphatic rings. The van der Waals surface area contributed by atoms with Crippen LogP contribution in [0.1, 0.15) is 16.1 Å². The zero-order valence-corrected chi connectivity index (χ0v) is 14.0. The van der Waals surface area contributed by atoms with Crippen LogP contribution in [-0.4, -0.2) is 74.1 Å². The second-order valence-electron chi connectivity index (χ2n) is 5.98. The summed E-state index contributed by atoms with van der Waals surface area (Å²) < 4.78 is 5.31. The van der Waals surface area contributed by atoms with E-state index < -0.39 is 0 Å². The van der Waals surface area contributed by atoms with Crippen molar-refractivity contribution in [2.75, 3.05) is 52.5 Å². The van der Waals surface area contributed by atoms with E-state index in [4.69, 9.17) is 4.74 Å². The Labute approximate surface area is 140 Å². The SMILES string of the molecule is O=C(NCCCN1CCOCC1)C1CN(C(=O)c2cccs2)C1. The molecule has 2 fully saturated rings. The standard InChI is InChI=1S/C16H23N3O3S/c20-15(17-4-2-5-18-6-8-22-9-7-18)13-11-19(12-13)16(21)14-3-1-10-23-14/h1,3,10,13H,2,4-9,11-12H2,(H,17,20). The Kier molecular flexibility index (Phi) is 5.64. The van der Waals surface area contributed by atoms with E-state index in [9.17, 15) is 9.59 Å². The molecule has 0 aromatic carbocycles. The molecule has 1 N–H and O–H groups in total. The van der Waals surface area contributed by atoms with Crippen LogP contribution in [-0.2, 0) is 9.53 Å². The predicted molar refractivity (Wildman–Crippen MR) is 88.6 cm³/mol. The maximum Gasteiger partial charge on any atom is 0.263 e. The summed E-state index contributed by atoms with van der Waals surface area (Å²) in [4.78, 5) is 29.0. The highest BCUT2D eigenvalue weighted by Crippen LogP contribution is 2.21. The molecule has 7 heteroatoms. The van der Waals surface area contributed by atoms with Crippen LogP contribution >= 0.6 is 11.3 Å². The van der Waals surface area contributed by atoms with E-state index in [1.54, 1.807) is 4.90 Å². The van der Waals surface area contributed by atoms with Crippen LogP contribution in [0.5, 0.6) is 0 Å². The minimum Gasteiger partial charge on any atom is -0.379 e. The molecular weight excluding hydrogens is 314 g/mol. The molecule has 0 bridgehead atoms. The van der Waals surface area contributed by atoms with Crippen molar-refractivity contribution in [2.45, 2.75) is 6.42 Å². The van der Waals surface area contributed by atoms with Crippen molar-refractivity contribution in [3.05, 3.63) is 22.4 Å². The fraction of sp³-hybridized carbons (Fsp3) is 0.625. The smallest absolute Gasteiger partial charge is 0.263 e. The van der Waals surface area contributed by atoms with Crippen LogP contribution < -0.4 is 5.32 Å². The number of hydrogen-bond acceptors (Lipinski definition) is 5. The van der Waals surface area contributed by atoms with Crippen LogP contribution in [0.4, 0.5) is 0 Å². The molecule has 126 valence electrons. The highest BCUT2D eigenvalue weighted by atomic mass is 32.1. The molecule has 0 spiro atoms. The number of carbonyl (C=O) groups excluding carboxylic acids is 2. The Hall–Kier alpha value is -1.44. The van der Waals surface area contributed by atoms with Crippen molar-refractivity contribution in [1.82, 2.24) is 15.1 Å². The monoisotopic (exact) mass is 337 g/mol. The summed E-state index contributed by atoms with van der Waals surface area (Å²) in [5.41, 5.74) is 0. The molecule has 0 unspecified atom stereocenters. The molecule has 2 amide bonds.